The predicted molar refractivity (Wildman–Crippen MR) is 236 cm³/mol. The lowest BCUT2D eigenvalue weighted by Crippen LogP contribution is -2.48. The number of thioether (sulfide) groups is 1. The minimum absolute atomic E-state index is 0.0252. The van der Waals surface area contributed by atoms with Crippen molar-refractivity contribution in [3.8, 4) is 11.5 Å². The van der Waals surface area contributed by atoms with Crippen molar-refractivity contribution in [1.29, 1.82) is 0 Å². The minimum Gasteiger partial charge on any atom is -0.493 e. The van der Waals surface area contributed by atoms with E-state index in [4.69, 9.17) is 9.47 Å². The number of hydrogen-bond donors (Lipinski definition) is 2. The first-order chi connectivity index (χ1) is 31.2. The molecule has 2 heterocycles. The Morgan fingerprint density at radius 1 is 0.600 bits per heavy atom. The third-order valence-electron chi connectivity index (χ3n) is 17.3. The van der Waals surface area contributed by atoms with Crippen LogP contribution < -0.4 is 9.47 Å². The molecule has 0 aromatic heterocycles. The fraction of sp³-hybridized carbons (Fsp3) is 0.686. The Kier molecular flexibility index (Phi) is 11.2. The number of alkyl halides is 1. The van der Waals surface area contributed by atoms with Crippen molar-refractivity contribution in [1.82, 2.24) is 9.80 Å². The van der Waals surface area contributed by atoms with Gasteiger partial charge in [0.1, 0.15) is 41.4 Å². The third kappa shape index (κ3) is 8.53. The molecule has 2 aromatic rings. The normalized spacial score (nSPS) is 36.1. The summed E-state index contributed by atoms with van der Waals surface area (Å²) in [5.41, 5.74) is 1.97. The van der Waals surface area contributed by atoms with Crippen molar-refractivity contribution >= 4 is 35.5 Å². The third-order valence-corrected chi connectivity index (χ3v) is 18.3. The first-order valence-corrected chi connectivity index (χ1v) is 25.6. The van der Waals surface area contributed by atoms with Crippen LogP contribution in [0.5, 0.6) is 11.5 Å². The maximum atomic E-state index is 15.2. The van der Waals surface area contributed by atoms with Crippen LogP contribution >= 0.6 is 11.8 Å². The van der Waals surface area contributed by atoms with Crippen LogP contribution in [0.4, 0.5) is 13.2 Å². The molecule has 10 aliphatic carbocycles. The van der Waals surface area contributed by atoms with Gasteiger partial charge in [0.05, 0.1) is 36.8 Å². The van der Waals surface area contributed by atoms with Crippen molar-refractivity contribution in [3.63, 3.8) is 0 Å². The van der Waals surface area contributed by atoms with Gasteiger partial charge in [-0.3, -0.25) is 9.59 Å². The van der Waals surface area contributed by atoms with Crippen LogP contribution in [0, 0.1) is 58.0 Å². The summed E-state index contributed by atoms with van der Waals surface area (Å²) in [6, 6.07) is 3.72. The number of likely N-dealkylation sites (tertiary alicyclic amines) is 1. The summed E-state index contributed by atoms with van der Waals surface area (Å²) < 4.78 is 56.9. The molecule has 10 saturated carbocycles. The van der Waals surface area contributed by atoms with E-state index >= 15 is 8.78 Å². The van der Waals surface area contributed by atoms with Crippen molar-refractivity contribution < 1.29 is 52.0 Å². The van der Waals surface area contributed by atoms with E-state index in [1.165, 1.54) is 112 Å². The van der Waals surface area contributed by atoms with Gasteiger partial charge in [-0.25, -0.2) is 22.8 Å². The number of carbonyl (C=O) groups is 4. The van der Waals surface area contributed by atoms with Gasteiger partial charge in [0.2, 0.25) is 0 Å². The highest BCUT2D eigenvalue weighted by Crippen LogP contribution is 2.62. The van der Waals surface area contributed by atoms with E-state index in [1.807, 2.05) is 0 Å². The zero-order chi connectivity index (χ0) is 44.9. The number of rotatable bonds is 12. The SMILES string of the molecule is O=C(O)[C@@H]1C[C@@H](F)CN1C(=O)c1cc(C2CC2)c(OCC23CC4CC(CC(C4)C2)C3)cc1F.O=C(O)[C@H]1CSCN1C(=O)c1cc(C2CC2)c(OCC23CC4CC(CC(C4)C2)C3)cc1F. The molecule has 14 heteroatoms. The van der Waals surface area contributed by atoms with Gasteiger partial charge >= 0.3 is 11.9 Å². The second-order valence-electron chi connectivity index (χ2n) is 22.5. The Hall–Kier alpha value is -3.94. The van der Waals surface area contributed by atoms with E-state index in [1.54, 1.807) is 6.07 Å². The highest BCUT2D eigenvalue weighted by molar-refractivity contribution is 7.99. The summed E-state index contributed by atoms with van der Waals surface area (Å²) >= 11 is 1.39. The second-order valence-corrected chi connectivity index (χ2v) is 23.5. The van der Waals surface area contributed by atoms with E-state index in [9.17, 15) is 33.8 Å². The molecule has 0 unspecified atom stereocenters. The first-order valence-electron chi connectivity index (χ1n) is 24.4. The molecule has 12 fully saturated rings. The molecule has 12 aliphatic rings. The van der Waals surface area contributed by atoms with Gasteiger partial charge in [0.15, 0.2) is 0 Å². The Labute approximate surface area is 382 Å². The average Bonchev–Trinajstić information content (AvgIpc) is 4.19. The molecular weight excluding hydrogens is 858 g/mol. The fourth-order valence-electron chi connectivity index (χ4n) is 14.9. The molecule has 2 aromatic carbocycles. The minimum atomic E-state index is -1.41. The lowest BCUT2D eigenvalue weighted by molar-refractivity contribution is -0.142. The molecule has 14 rings (SSSR count). The maximum Gasteiger partial charge on any atom is 0.327 e. The van der Waals surface area contributed by atoms with E-state index in [0.29, 0.717) is 36.4 Å². The number of aliphatic carboxylic acids is 2. The number of carboxylic acids is 2. The van der Waals surface area contributed by atoms with Crippen LogP contribution in [0.3, 0.4) is 0 Å². The first kappa shape index (κ1) is 43.6. The average molecular weight is 919 g/mol. The number of carboxylic acid groups (broad SMARTS) is 2. The molecule has 2 N–H and O–H groups in total. The number of nitrogens with zero attached hydrogens (tertiary/aromatic N) is 2. The summed E-state index contributed by atoms with van der Waals surface area (Å²) in [5, 5.41) is 18.8. The molecule has 8 bridgehead atoms. The second kappa shape index (κ2) is 16.7. The summed E-state index contributed by atoms with van der Waals surface area (Å²) in [4.78, 5) is 51.3. The number of carbonyl (C=O) groups excluding carboxylic acids is 2. The lowest BCUT2D eigenvalue weighted by Gasteiger charge is -2.56. The monoisotopic (exact) mass is 918 g/mol. The molecule has 2 saturated heterocycles. The van der Waals surface area contributed by atoms with Crippen molar-refractivity contribution in [2.75, 3.05) is 31.4 Å². The van der Waals surface area contributed by atoms with Crippen LogP contribution in [0.2, 0.25) is 0 Å². The zero-order valence-electron chi connectivity index (χ0n) is 37.0. The smallest absolute Gasteiger partial charge is 0.327 e. The number of benzene rings is 2. The van der Waals surface area contributed by atoms with Gasteiger partial charge in [-0.1, -0.05) is 0 Å². The fourth-order valence-corrected chi connectivity index (χ4v) is 16.1. The predicted octanol–water partition coefficient (Wildman–Crippen LogP) is 9.83. The van der Waals surface area contributed by atoms with E-state index in [0.717, 1.165) is 77.2 Å². The molecule has 2 aliphatic heterocycles. The van der Waals surface area contributed by atoms with E-state index < -0.39 is 53.6 Å². The van der Waals surface area contributed by atoms with Crippen LogP contribution in [-0.2, 0) is 9.59 Å². The summed E-state index contributed by atoms with van der Waals surface area (Å²) in [5.74, 6) is 2.25. The number of halogens is 3. The van der Waals surface area contributed by atoms with E-state index in [2.05, 4.69) is 0 Å². The Balaban J connectivity index is 0.000000144. The maximum absolute atomic E-state index is 15.2. The van der Waals surface area contributed by atoms with Gasteiger partial charge in [-0.15, -0.1) is 11.8 Å². The quantitative estimate of drug-likeness (QED) is 0.214. The number of ether oxygens (including phenoxy) is 2. The lowest BCUT2D eigenvalue weighted by atomic mass is 9.50. The van der Waals surface area contributed by atoms with Crippen molar-refractivity contribution in [2.45, 2.75) is 139 Å². The molecule has 0 radical (unpaired) electrons. The summed E-state index contributed by atoms with van der Waals surface area (Å²) in [7, 11) is 0. The molecule has 2 amide bonds. The number of hydrogen-bond acceptors (Lipinski definition) is 7. The zero-order valence-corrected chi connectivity index (χ0v) is 37.8. The largest absolute Gasteiger partial charge is 0.493 e. The molecule has 3 atom stereocenters. The molecule has 65 heavy (non-hydrogen) atoms. The molecule has 350 valence electrons. The molecule has 10 nitrogen and oxygen atoms in total. The van der Waals surface area contributed by atoms with Crippen molar-refractivity contribution in [3.05, 3.63) is 58.2 Å². The van der Waals surface area contributed by atoms with Gasteiger partial charge in [-0.05, 0) is 173 Å². The van der Waals surface area contributed by atoms with Gasteiger partial charge in [0, 0.05) is 35.1 Å². The Morgan fingerprint density at radius 3 is 1.38 bits per heavy atom. The Bertz CT molecular complexity index is 2190. The van der Waals surface area contributed by atoms with Gasteiger partial charge in [-0.2, -0.15) is 0 Å². The standard InChI is InChI=1S/C26H31F2NO4.C25H30FNO4S/c27-18-6-22(25(31)32)29(12-18)24(30)20-7-19(17-1-2-17)23(8-21(20)28)33-13-26-9-14-3-15(10-26)5-16(4-14)11-26;26-20-7-22(31-12-25-8-14-3-15(9-25)5-16(4-14)10-25)18(17-1-2-17)6-19(20)23(28)27-13-32-11-21(27)24(29)30/h7-8,14-18,22H,1-6,9-13H2,(H,31,32);6-7,14-17,21H,1-5,8-13H2,(H,29,30)/t14?,15?,16?,18-,22+,26?;14?,15?,16?,21-,25?/m11/s1. The summed E-state index contributed by atoms with van der Waals surface area (Å²) in [6.07, 6.45) is 17.8. The van der Waals surface area contributed by atoms with Crippen molar-refractivity contribution in [2.24, 2.45) is 46.3 Å². The van der Waals surface area contributed by atoms with Crippen LogP contribution in [0.15, 0.2) is 24.3 Å². The Morgan fingerprint density at radius 2 is 1.00 bits per heavy atom. The topological polar surface area (TPSA) is 134 Å². The molecule has 0 spiro atoms. The highest BCUT2D eigenvalue weighted by atomic mass is 32.2. The van der Waals surface area contributed by atoms with Crippen LogP contribution in [0.1, 0.15) is 153 Å². The van der Waals surface area contributed by atoms with Gasteiger partial charge < -0.3 is 29.5 Å². The highest BCUT2D eigenvalue weighted by Gasteiger charge is 2.53. The van der Waals surface area contributed by atoms with Crippen LogP contribution in [-0.4, -0.2) is 93.4 Å². The summed E-state index contributed by atoms with van der Waals surface area (Å²) in [6.45, 7) is 0.921. The molecular formula is C51H61F3N2O8S. The van der Waals surface area contributed by atoms with E-state index in [-0.39, 0.29) is 46.7 Å². The van der Waals surface area contributed by atoms with Crippen LogP contribution in [0.25, 0.3) is 0 Å². The number of amides is 2. The van der Waals surface area contributed by atoms with Gasteiger partial charge in [0.25, 0.3) is 11.8 Å².